The van der Waals surface area contributed by atoms with Gasteiger partial charge < -0.3 is 14.8 Å². The van der Waals surface area contributed by atoms with E-state index in [-0.39, 0.29) is 29.6 Å². The minimum Gasteiger partial charge on any atom is -0.493 e. The summed E-state index contributed by atoms with van der Waals surface area (Å²) in [6.45, 7) is 1.65. The van der Waals surface area contributed by atoms with Crippen LogP contribution in [0.2, 0.25) is 0 Å². The normalized spacial score (nSPS) is 11.6. The van der Waals surface area contributed by atoms with Gasteiger partial charge in [-0.05, 0) is 30.3 Å². The van der Waals surface area contributed by atoms with E-state index < -0.39 is 15.7 Å². The SMILES string of the molecule is CCN(Cc1[nH]c(=O)[nH]c1O)S(=O)(=O)c1ccc(Oc2ccccn2)cc1. The smallest absolute Gasteiger partial charge is 0.326 e. The Hall–Kier alpha value is -3.11. The van der Waals surface area contributed by atoms with E-state index in [1.165, 1.54) is 24.3 Å². The van der Waals surface area contributed by atoms with E-state index in [1.807, 2.05) is 0 Å². The number of H-pyrrole nitrogens is 2. The summed E-state index contributed by atoms with van der Waals surface area (Å²) in [5.41, 5.74) is -0.507. The van der Waals surface area contributed by atoms with Crippen molar-refractivity contribution in [3.05, 3.63) is 64.8 Å². The molecule has 0 spiro atoms. The van der Waals surface area contributed by atoms with E-state index in [4.69, 9.17) is 4.74 Å². The minimum atomic E-state index is -3.83. The van der Waals surface area contributed by atoms with Gasteiger partial charge in [-0.1, -0.05) is 13.0 Å². The lowest BCUT2D eigenvalue weighted by atomic mass is 10.3. The summed E-state index contributed by atoms with van der Waals surface area (Å²) in [4.78, 5) is 19.9. The molecule has 9 nitrogen and oxygen atoms in total. The number of imidazole rings is 1. The second kappa shape index (κ2) is 7.64. The molecule has 0 unspecified atom stereocenters. The average Bonchev–Trinajstić information content (AvgIpc) is 2.98. The Balaban J connectivity index is 1.80. The molecule has 0 saturated heterocycles. The zero-order chi connectivity index (χ0) is 19.4. The molecule has 0 bridgehead atoms. The first-order valence-electron chi connectivity index (χ1n) is 8.09. The highest BCUT2D eigenvalue weighted by Gasteiger charge is 2.25. The molecular weight excluding hydrogens is 372 g/mol. The van der Waals surface area contributed by atoms with Gasteiger partial charge in [0, 0.05) is 18.8 Å². The third kappa shape index (κ3) is 4.18. The van der Waals surface area contributed by atoms with Crippen molar-refractivity contribution in [2.45, 2.75) is 18.4 Å². The summed E-state index contributed by atoms with van der Waals surface area (Å²) in [6, 6.07) is 11.1. The van der Waals surface area contributed by atoms with Crippen LogP contribution in [-0.4, -0.2) is 39.3 Å². The van der Waals surface area contributed by atoms with Crippen LogP contribution < -0.4 is 10.4 Å². The number of nitrogens with zero attached hydrogens (tertiary/aromatic N) is 2. The fourth-order valence-electron chi connectivity index (χ4n) is 2.42. The number of ether oxygens (including phenoxy) is 1. The van der Waals surface area contributed by atoms with Crippen LogP contribution in [0.15, 0.2) is 58.4 Å². The number of pyridine rings is 1. The van der Waals surface area contributed by atoms with Crippen molar-refractivity contribution in [2.75, 3.05) is 6.54 Å². The van der Waals surface area contributed by atoms with Crippen LogP contribution >= 0.6 is 0 Å². The molecule has 3 N–H and O–H groups in total. The highest BCUT2D eigenvalue weighted by Crippen LogP contribution is 2.24. The number of hydrogen-bond donors (Lipinski definition) is 3. The van der Waals surface area contributed by atoms with Crippen LogP contribution in [0.25, 0.3) is 0 Å². The molecule has 0 aliphatic rings. The zero-order valence-corrected chi connectivity index (χ0v) is 15.2. The van der Waals surface area contributed by atoms with Crippen LogP contribution in [0.5, 0.6) is 17.5 Å². The molecule has 0 fully saturated rings. The lowest BCUT2D eigenvalue weighted by molar-refractivity contribution is 0.398. The number of rotatable bonds is 7. The molecule has 3 rings (SSSR count). The van der Waals surface area contributed by atoms with Crippen molar-refractivity contribution in [2.24, 2.45) is 0 Å². The van der Waals surface area contributed by atoms with Crippen LogP contribution in [0.3, 0.4) is 0 Å². The Morgan fingerprint density at radius 2 is 1.89 bits per heavy atom. The summed E-state index contributed by atoms with van der Waals surface area (Å²) in [7, 11) is -3.83. The molecule has 142 valence electrons. The quantitative estimate of drug-likeness (QED) is 0.564. The first kappa shape index (κ1) is 18.7. The van der Waals surface area contributed by atoms with E-state index in [0.29, 0.717) is 11.6 Å². The van der Waals surface area contributed by atoms with E-state index in [2.05, 4.69) is 15.0 Å². The van der Waals surface area contributed by atoms with Crippen molar-refractivity contribution in [1.82, 2.24) is 19.3 Å². The standard InChI is InChI=1S/C17H18N4O5S/c1-2-21(11-14-16(22)20-17(23)19-14)27(24,25)13-8-6-12(7-9-13)26-15-5-3-4-10-18-15/h3-10,22H,2,11H2,1H3,(H2,19,20,23). The summed E-state index contributed by atoms with van der Waals surface area (Å²) in [6.07, 6.45) is 1.59. The predicted octanol–water partition coefficient (Wildman–Crippen LogP) is 1.81. The number of hydrogen-bond acceptors (Lipinski definition) is 6. The van der Waals surface area contributed by atoms with Gasteiger partial charge in [0.25, 0.3) is 0 Å². The van der Waals surface area contributed by atoms with E-state index >= 15 is 0 Å². The highest BCUT2D eigenvalue weighted by atomic mass is 32.2. The molecule has 27 heavy (non-hydrogen) atoms. The second-order valence-electron chi connectivity index (χ2n) is 5.58. The van der Waals surface area contributed by atoms with Gasteiger partial charge in [-0.3, -0.25) is 4.98 Å². The van der Waals surface area contributed by atoms with Gasteiger partial charge in [-0.15, -0.1) is 0 Å². The van der Waals surface area contributed by atoms with Crippen molar-refractivity contribution in [1.29, 1.82) is 0 Å². The number of benzene rings is 1. The third-order valence-electron chi connectivity index (χ3n) is 3.79. The average molecular weight is 390 g/mol. The van der Waals surface area contributed by atoms with E-state index in [1.54, 1.807) is 31.3 Å². The Kier molecular flexibility index (Phi) is 5.28. The first-order chi connectivity index (χ1) is 12.9. The molecule has 0 saturated carbocycles. The Morgan fingerprint density at radius 1 is 1.15 bits per heavy atom. The van der Waals surface area contributed by atoms with Gasteiger partial charge in [0.1, 0.15) is 5.75 Å². The molecule has 2 aromatic heterocycles. The lowest BCUT2D eigenvalue weighted by Crippen LogP contribution is -2.30. The first-order valence-corrected chi connectivity index (χ1v) is 9.53. The van der Waals surface area contributed by atoms with Crippen molar-refractivity contribution in [3.8, 4) is 17.5 Å². The van der Waals surface area contributed by atoms with Crippen LogP contribution in [-0.2, 0) is 16.6 Å². The topological polar surface area (TPSA) is 128 Å². The van der Waals surface area contributed by atoms with E-state index in [0.717, 1.165) is 4.31 Å². The monoisotopic (exact) mass is 390 g/mol. The summed E-state index contributed by atoms with van der Waals surface area (Å²) in [5.74, 6) is 0.464. The number of nitrogens with one attached hydrogen (secondary N) is 2. The zero-order valence-electron chi connectivity index (χ0n) is 14.4. The number of aromatic hydroxyl groups is 1. The molecule has 0 aliphatic heterocycles. The van der Waals surface area contributed by atoms with Crippen LogP contribution in [0, 0.1) is 0 Å². The van der Waals surface area contributed by atoms with Gasteiger partial charge in [0.2, 0.25) is 21.8 Å². The fraction of sp³-hybridized carbons (Fsp3) is 0.176. The summed E-state index contributed by atoms with van der Waals surface area (Å²) >= 11 is 0. The predicted molar refractivity (Wildman–Crippen MR) is 97.1 cm³/mol. The molecule has 1 aromatic carbocycles. The molecule has 0 radical (unpaired) electrons. The largest absolute Gasteiger partial charge is 0.493 e. The Bertz CT molecular complexity index is 1060. The molecule has 0 aliphatic carbocycles. The Morgan fingerprint density at radius 3 is 2.44 bits per heavy atom. The maximum absolute atomic E-state index is 12.8. The summed E-state index contributed by atoms with van der Waals surface area (Å²) in [5, 5.41) is 9.66. The molecular formula is C17H18N4O5S. The molecule has 3 aromatic rings. The van der Waals surface area contributed by atoms with Crippen LogP contribution in [0.1, 0.15) is 12.6 Å². The molecule has 0 amide bonds. The van der Waals surface area contributed by atoms with Gasteiger partial charge >= 0.3 is 5.69 Å². The van der Waals surface area contributed by atoms with Gasteiger partial charge in [-0.25, -0.2) is 18.2 Å². The number of aromatic nitrogens is 3. The van der Waals surface area contributed by atoms with E-state index in [9.17, 15) is 18.3 Å². The lowest BCUT2D eigenvalue weighted by Gasteiger charge is -2.20. The fourth-order valence-corrected chi connectivity index (χ4v) is 3.84. The van der Waals surface area contributed by atoms with Crippen molar-refractivity contribution >= 4 is 10.0 Å². The molecule has 2 heterocycles. The second-order valence-corrected chi connectivity index (χ2v) is 7.52. The minimum absolute atomic E-state index is 0.0649. The number of sulfonamides is 1. The third-order valence-corrected chi connectivity index (χ3v) is 5.73. The highest BCUT2D eigenvalue weighted by molar-refractivity contribution is 7.89. The van der Waals surface area contributed by atoms with Crippen molar-refractivity contribution in [3.63, 3.8) is 0 Å². The molecule has 10 heteroatoms. The van der Waals surface area contributed by atoms with Gasteiger partial charge in [-0.2, -0.15) is 4.31 Å². The molecule has 0 atom stereocenters. The van der Waals surface area contributed by atoms with Gasteiger partial charge in [0.15, 0.2) is 0 Å². The Labute approximate surface area is 155 Å². The van der Waals surface area contributed by atoms with Crippen molar-refractivity contribution < 1.29 is 18.3 Å². The van der Waals surface area contributed by atoms with Crippen LogP contribution in [0.4, 0.5) is 0 Å². The maximum atomic E-state index is 12.8. The number of aromatic amines is 2. The van der Waals surface area contributed by atoms with Gasteiger partial charge in [0.05, 0.1) is 17.1 Å². The maximum Gasteiger partial charge on any atom is 0.326 e. The summed E-state index contributed by atoms with van der Waals surface area (Å²) < 4.78 is 32.4.